The van der Waals surface area contributed by atoms with Gasteiger partial charge in [-0.25, -0.2) is 15.0 Å². The van der Waals surface area contributed by atoms with Crippen LogP contribution in [0.25, 0.3) is 11.4 Å². The first-order chi connectivity index (χ1) is 11.6. The maximum Gasteiger partial charge on any atom is 0.159 e. The molecule has 0 atom stereocenters. The van der Waals surface area contributed by atoms with E-state index in [0.29, 0.717) is 10.8 Å². The molecule has 0 amide bonds. The van der Waals surface area contributed by atoms with Crippen LogP contribution < -0.4 is 5.32 Å². The summed E-state index contributed by atoms with van der Waals surface area (Å²) in [5, 5.41) is 4.12. The maximum atomic E-state index is 5.90. The first kappa shape index (κ1) is 16.6. The van der Waals surface area contributed by atoms with E-state index < -0.39 is 0 Å². The van der Waals surface area contributed by atoms with Gasteiger partial charge < -0.3 is 9.88 Å². The van der Waals surface area contributed by atoms with Gasteiger partial charge in [-0.1, -0.05) is 11.6 Å². The van der Waals surface area contributed by atoms with Gasteiger partial charge in [-0.15, -0.1) is 0 Å². The normalized spacial score (nSPS) is 11.0. The van der Waals surface area contributed by atoms with Gasteiger partial charge in [0, 0.05) is 53.9 Å². The summed E-state index contributed by atoms with van der Waals surface area (Å²) < 4.78 is 2.16. The Hall–Kier alpha value is -2.24. The minimum absolute atomic E-state index is 0.708. The second-order valence-electron chi connectivity index (χ2n) is 5.71. The van der Waals surface area contributed by atoms with E-state index >= 15 is 0 Å². The minimum Gasteiger partial charge on any atom is -0.333 e. The molecule has 24 heavy (non-hydrogen) atoms. The summed E-state index contributed by atoms with van der Waals surface area (Å²) in [6, 6.07) is 7.53. The lowest BCUT2D eigenvalue weighted by Gasteiger charge is -2.08. The molecule has 3 rings (SSSR count). The molecule has 2 heterocycles. The molecule has 1 aromatic carbocycles. The van der Waals surface area contributed by atoms with Crippen LogP contribution in [0.15, 0.2) is 43.0 Å². The van der Waals surface area contributed by atoms with Crippen LogP contribution in [-0.4, -0.2) is 26.1 Å². The zero-order chi connectivity index (χ0) is 16.9. The van der Waals surface area contributed by atoms with Crippen molar-refractivity contribution in [2.75, 3.05) is 6.54 Å². The van der Waals surface area contributed by atoms with Crippen LogP contribution in [0.3, 0.4) is 0 Å². The molecule has 0 aliphatic heterocycles. The maximum absolute atomic E-state index is 5.90. The van der Waals surface area contributed by atoms with Crippen molar-refractivity contribution in [2.24, 2.45) is 0 Å². The molecule has 0 radical (unpaired) electrons. The van der Waals surface area contributed by atoms with E-state index in [1.807, 2.05) is 49.9 Å². The van der Waals surface area contributed by atoms with Gasteiger partial charge in [-0.05, 0) is 38.1 Å². The molecule has 0 fully saturated rings. The Kier molecular flexibility index (Phi) is 5.23. The molecule has 0 bridgehead atoms. The number of rotatable bonds is 6. The Morgan fingerprint density at radius 1 is 1.04 bits per heavy atom. The molecule has 2 aromatic heterocycles. The molecule has 0 spiro atoms. The Labute approximate surface area is 146 Å². The van der Waals surface area contributed by atoms with E-state index in [1.165, 1.54) is 5.69 Å². The molecule has 1 N–H and O–H groups in total. The molecule has 0 unspecified atom stereocenters. The van der Waals surface area contributed by atoms with Crippen molar-refractivity contribution < 1.29 is 0 Å². The molecular weight excluding hydrogens is 322 g/mol. The largest absolute Gasteiger partial charge is 0.333 e. The minimum atomic E-state index is 0.708. The van der Waals surface area contributed by atoms with Gasteiger partial charge >= 0.3 is 0 Å². The summed E-state index contributed by atoms with van der Waals surface area (Å²) in [6.07, 6.45) is 5.60. The molecule has 5 nitrogen and oxygen atoms in total. The molecule has 3 aromatic rings. The Bertz CT molecular complexity index is 793. The highest BCUT2D eigenvalue weighted by Crippen LogP contribution is 2.17. The lowest BCUT2D eigenvalue weighted by molar-refractivity contribution is 0.588. The zero-order valence-electron chi connectivity index (χ0n) is 13.8. The predicted molar refractivity (Wildman–Crippen MR) is 95.9 cm³/mol. The van der Waals surface area contributed by atoms with E-state index in [9.17, 15) is 0 Å². The van der Waals surface area contributed by atoms with Gasteiger partial charge in [-0.3, -0.25) is 0 Å². The van der Waals surface area contributed by atoms with Gasteiger partial charge in [0.2, 0.25) is 0 Å². The molecule has 6 heteroatoms. The van der Waals surface area contributed by atoms with Crippen LogP contribution in [0, 0.1) is 13.8 Å². The highest BCUT2D eigenvalue weighted by Gasteiger charge is 2.03. The fourth-order valence-electron chi connectivity index (χ4n) is 2.40. The van der Waals surface area contributed by atoms with Crippen LogP contribution >= 0.6 is 11.6 Å². The summed E-state index contributed by atoms with van der Waals surface area (Å²) in [6.45, 7) is 6.63. The van der Waals surface area contributed by atoms with Crippen molar-refractivity contribution in [3.05, 3.63) is 65.0 Å². The smallest absolute Gasteiger partial charge is 0.159 e. The highest BCUT2D eigenvalue weighted by atomic mass is 35.5. The number of nitrogens with one attached hydrogen (secondary N) is 1. The summed E-state index contributed by atoms with van der Waals surface area (Å²) in [4.78, 5) is 13.2. The zero-order valence-corrected chi connectivity index (χ0v) is 14.6. The van der Waals surface area contributed by atoms with Crippen molar-refractivity contribution in [2.45, 2.75) is 26.9 Å². The SMILES string of the molecule is Cc1ncn(CCNCc2cnc(-c3ccc(Cl)cc3)nc2)c1C. The van der Waals surface area contributed by atoms with E-state index in [0.717, 1.165) is 36.5 Å². The van der Waals surface area contributed by atoms with Crippen LogP contribution in [0.5, 0.6) is 0 Å². The quantitative estimate of drug-likeness (QED) is 0.698. The van der Waals surface area contributed by atoms with Gasteiger partial charge in [-0.2, -0.15) is 0 Å². The third-order valence-electron chi connectivity index (χ3n) is 4.01. The van der Waals surface area contributed by atoms with Gasteiger partial charge in [0.1, 0.15) is 0 Å². The average molecular weight is 342 g/mol. The summed E-state index contributed by atoms with van der Waals surface area (Å²) in [5.74, 6) is 0.708. The van der Waals surface area contributed by atoms with E-state index in [2.05, 4.69) is 31.8 Å². The van der Waals surface area contributed by atoms with Gasteiger partial charge in [0.25, 0.3) is 0 Å². The third kappa shape index (κ3) is 3.99. The van der Waals surface area contributed by atoms with Crippen LogP contribution in [-0.2, 0) is 13.1 Å². The van der Waals surface area contributed by atoms with E-state index in [1.54, 1.807) is 0 Å². The standard InChI is InChI=1S/C18H20ClN5/c1-13-14(2)24(12-23-13)8-7-20-9-15-10-21-18(22-11-15)16-3-5-17(19)6-4-16/h3-6,10-12,20H,7-9H2,1-2H3. The van der Waals surface area contributed by atoms with Crippen molar-refractivity contribution >= 4 is 11.6 Å². The fraction of sp³-hybridized carbons (Fsp3) is 0.278. The van der Waals surface area contributed by atoms with E-state index in [4.69, 9.17) is 11.6 Å². The Morgan fingerprint density at radius 3 is 2.38 bits per heavy atom. The van der Waals surface area contributed by atoms with Crippen molar-refractivity contribution in [3.8, 4) is 11.4 Å². The first-order valence-corrected chi connectivity index (χ1v) is 8.27. The topological polar surface area (TPSA) is 55.6 Å². The van der Waals surface area contributed by atoms with Gasteiger partial charge in [0.05, 0.1) is 12.0 Å². The van der Waals surface area contributed by atoms with Crippen molar-refractivity contribution in [1.82, 2.24) is 24.8 Å². The Balaban J connectivity index is 1.51. The number of benzene rings is 1. The number of hydrogen-bond acceptors (Lipinski definition) is 4. The van der Waals surface area contributed by atoms with Crippen molar-refractivity contribution in [1.29, 1.82) is 0 Å². The number of aromatic nitrogens is 4. The number of imidazole rings is 1. The Morgan fingerprint density at radius 2 is 1.75 bits per heavy atom. The van der Waals surface area contributed by atoms with Crippen molar-refractivity contribution in [3.63, 3.8) is 0 Å². The molecule has 0 saturated heterocycles. The first-order valence-electron chi connectivity index (χ1n) is 7.89. The monoisotopic (exact) mass is 341 g/mol. The van der Waals surface area contributed by atoms with Crippen LogP contribution in [0.1, 0.15) is 17.0 Å². The molecular formula is C18H20ClN5. The number of halogens is 1. The second kappa shape index (κ2) is 7.55. The lowest BCUT2D eigenvalue weighted by Crippen LogP contribution is -2.20. The fourth-order valence-corrected chi connectivity index (χ4v) is 2.52. The molecule has 124 valence electrons. The number of aryl methyl sites for hydroxylation is 1. The number of hydrogen-bond donors (Lipinski definition) is 1. The molecule has 0 aliphatic rings. The molecule has 0 saturated carbocycles. The van der Waals surface area contributed by atoms with E-state index in [-0.39, 0.29) is 0 Å². The summed E-state index contributed by atoms with van der Waals surface area (Å²) >= 11 is 5.90. The van der Waals surface area contributed by atoms with Crippen LogP contribution in [0.4, 0.5) is 0 Å². The van der Waals surface area contributed by atoms with Gasteiger partial charge in [0.15, 0.2) is 5.82 Å². The van der Waals surface area contributed by atoms with Crippen LogP contribution in [0.2, 0.25) is 5.02 Å². The summed E-state index contributed by atoms with van der Waals surface area (Å²) in [7, 11) is 0. The highest BCUT2D eigenvalue weighted by molar-refractivity contribution is 6.30. The summed E-state index contributed by atoms with van der Waals surface area (Å²) in [5.41, 5.74) is 4.32. The lowest BCUT2D eigenvalue weighted by atomic mass is 10.2. The predicted octanol–water partition coefficient (Wildman–Crippen LogP) is 3.40. The second-order valence-corrected chi connectivity index (χ2v) is 6.14. The average Bonchev–Trinajstić information content (AvgIpc) is 2.92. The molecule has 0 aliphatic carbocycles. The number of nitrogens with zero attached hydrogens (tertiary/aromatic N) is 4. The third-order valence-corrected chi connectivity index (χ3v) is 4.26.